The van der Waals surface area contributed by atoms with E-state index < -0.39 is 28.3 Å². The Kier molecular flexibility index (Phi) is 6.20. The van der Waals surface area contributed by atoms with Crippen LogP contribution in [0.25, 0.3) is 0 Å². The van der Waals surface area contributed by atoms with Crippen molar-refractivity contribution >= 4 is 21.6 Å². The number of hydrogen-bond donors (Lipinski definition) is 1. The van der Waals surface area contributed by atoms with Crippen molar-refractivity contribution in [3.63, 3.8) is 0 Å². The van der Waals surface area contributed by atoms with E-state index in [9.17, 15) is 17.6 Å². The number of aryl methyl sites for hydroxylation is 1. The van der Waals surface area contributed by atoms with Crippen LogP contribution < -0.4 is 14.4 Å². The van der Waals surface area contributed by atoms with Gasteiger partial charge in [0.2, 0.25) is 5.91 Å². The quantitative estimate of drug-likeness (QED) is 0.801. The topological polar surface area (TPSA) is 75.7 Å². The second kappa shape index (κ2) is 8.18. The molecular weight excluding hydrogens is 359 g/mol. The number of rotatable bonds is 7. The van der Waals surface area contributed by atoms with Crippen molar-refractivity contribution in [2.75, 3.05) is 24.5 Å². The second-order valence-corrected chi connectivity index (χ2v) is 7.43. The van der Waals surface area contributed by atoms with Gasteiger partial charge in [0.15, 0.2) is 0 Å². The molecule has 0 unspecified atom stereocenters. The SMILES string of the molecule is CCNC(=O)CN(c1ccc(F)cc1)S(=O)(=O)c1cc(C)ccc1OC. The summed E-state index contributed by atoms with van der Waals surface area (Å²) in [4.78, 5) is 12.0. The molecule has 8 heteroatoms. The molecule has 2 aromatic rings. The number of sulfonamides is 1. The van der Waals surface area contributed by atoms with E-state index in [4.69, 9.17) is 4.74 Å². The highest BCUT2D eigenvalue weighted by atomic mass is 32.2. The number of nitrogens with zero attached hydrogens (tertiary/aromatic N) is 1. The van der Waals surface area contributed by atoms with Gasteiger partial charge in [0, 0.05) is 6.54 Å². The molecule has 0 atom stereocenters. The van der Waals surface area contributed by atoms with Gasteiger partial charge in [0.1, 0.15) is 23.0 Å². The van der Waals surface area contributed by atoms with Crippen LogP contribution in [0.3, 0.4) is 0 Å². The number of benzene rings is 2. The maximum atomic E-state index is 13.3. The van der Waals surface area contributed by atoms with E-state index in [-0.39, 0.29) is 16.3 Å². The Morgan fingerprint density at radius 2 is 1.85 bits per heavy atom. The average molecular weight is 380 g/mol. The lowest BCUT2D eigenvalue weighted by molar-refractivity contribution is -0.119. The molecule has 0 saturated carbocycles. The fourth-order valence-electron chi connectivity index (χ4n) is 2.41. The molecule has 0 radical (unpaired) electrons. The maximum absolute atomic E-state index is 13.3. The minimum absolute atomic E-state index is 0.0615. The Morgan fingerprint density at radius 3 is 2.42 bits per heavy atom. The molecule has 0 aliphatic heterocycles. The monoisotopic (exact) mass is 380 g/mol. The largest absolute Gasteiger partial charge is 0.495 e. The Bertz CT molecular complexity index is 883. The number of likely N-dealkylation sites (N-methyl/N-ethyl adjacent to an activating group) is 1. The van der Waals surface area contributed by atoms with Crippen LogP contribution in [0.1, 0.15) is 12.5 Å². The summed E-state index contributed by atoms with van der Waals surface area (Å²) in [5.74, 6) is -0.803. The van der Waals surface area contributed by atoms with E-state index in [0.717, 1.165) is 22.0 Å². The number of nitrogens with one attached hydrogen (secondary N) is 1. The first-order valence-electron chi connectivity index (χ1n) is 7.99. The second-order valence-electron chi connectivity index (χ2n) is 5.60. The highest BCUT2D eigenvalue weighted by Gasteiger charge is 2.30. The van der Waals surface area contributed by atoms with Crippen molar-refractivity contribution in [2.24, 2.45) is 0 Å². The van der Waals surface area contributed by atoms with Gasteiger partial charge in [-0.3, -0.25) is 9.10 Å². The molecule has 6 nitrogen and oxygen atoms in total. The van der Waals surface area contributed by atoms with Gasteiger partial charge in [-0.15, -0.1) is 0 Å². The Morgan fingerprint density at radius 1 is 1.19 bits per heavy atom. The third-order valence-electron chi connectivity index (χ3n) is 3.66. The normalized spacial score (nSPS) is 11.1. The van der Waals surface area contributed by atoms with Crippen LogP contribution in [0.5, 0.6) is 5.75 Å². The number of methoxy groups -OCH3 is 1. The molecule has 0 saturated heterocycles. The van der Waals surface area contributed by atoms with Crippen LogP contribution in [0.4, 0.5) is 10.1 Å². The molecular formula is C18H21FN2O4S. The zero-order valence-electron chi connectivity index (χ0n) is 14.8. The Balaban J connectivity index is 2.57. The molecule has 0 fully saturated rings. The van der Waals surface area contributed by atoms with Crippen LogP contribution >= 0.6 is 0 Å². The minimum atomic E-state index is -4.12. The van der Waals surface area contributed by atoms with Crippen molar-refractivity contribution in [3.8, 4) is 5.75 Å². The Hall–Kier alpha value is -2.61. The zero-order valence-corrected chi connectivity index (χ0v) is 15.6. The van der Waals surface area contributed by atoms with Crippen LogP contribution in [-0.4, -0.2) is 34.5 Å². The molecule has 0 spiro atoms. The first kappa shape index (κ1) is 19.7. The summed E-state index contributed by atoms with van der Waals surface area (Å²) in [6.07, 6.45) is 0. The predicted octanol–water partition coefficient (Wildman–Crippen LogP) is 2.47. The van der Waals surface area contributed by atoms with Gasteiger partial charge in [-0.25, -0.2) is 12.8 Å². The van der Waals surface area contributed by atoms with Gasteiger partial charge in [0.05, 0.1) is 12.8 Å². The van der Waals surface area contributed by atoms with Crippen molar-refractivity contribution in [1.29, 1.82) is 0 Å². The maximum Gasteiger partial charge on any atom is 0.268 e. The lowest BCUT2D eigenvalue weighted by atomic mass is 10.2. The van der Waals surface area contributed by atoms with Crippen LogP contribution in [0, 0.1) is 12.7 Å². The smallest absolute Gasteiger partial charge is 0.268 e. The molecule has 1 amide bonds. The number of ether oxygens (including phenoxy) is 1. The number of halogens is 1. The minimum Gasteiger partial charge on any atom is -0.495 e. The van der Waals surface area contributed by atoms with Crippen LogP contribution in [-0.2, 0) is 14.8 Å². The molecule has 2 aromatic carbocycles. The van der Waals surface area contributed by atoms with Crippen molar-refractivity contribution in [1.82, 2.24) is 5.32 Å². The summed E-state index contributed by atoms with van der Waals surface area (Å²) < 4.78 is 45.9. The fourth-order valence-corrected chi connectivity index (χ4v) is 4.07. The molecule has 26 heavy (non-hydrogen) atoms. The van der Waals surface area contributed by atoms with Gasteiger partial charge >= 0.3 is 0 Å². The molecule has 0 aliphatic rings. The third kappa shape index (κ3) is 4.32. The number of carbonyl (C=O) groups is 1. The molecule has 0 aliphatic carbocycles. The van der Waals surface area contributed by atoms with Gasteiger partial charge in [-0.2, -0.15) is 0 Å². The van der Waals surface area contributed by atoms with E-state index in [1.165, 1.54) is 25.3 Å². The fraction of sp³-hybridized carbons (Fsp3) is 0.278. The average Bonchev–Trinajstić information content (AvgIpc) is 2.60. The summed E-state index contributed by atoms with van der Waals surface area (Å²) >= 11 is 0. The number of hydrogen-bond acceptors (Lipinski definition) is 4. The molecule has 2 rings (SSSR count). The van der Waals surface area contributed by atoms with Crippen molar-refractivity contribution in [3.05, 3.63) is 53.8 Å². The van der Waals surface area contributed by atoms with E-state index in [0.29, 0.717) is 6.54 Å². The lowest BCUT2D eigenvalue weighted by Crippen LogP contribution is -2.41. The van der Waals surface area contributed by atoms with Crippen LogP contribution in [0.2, 0.25) is 0 Å². The highest BCUT2D eigenvalue weighted by molar-refractivity contribution is 7.93. The van der Waals surface area contributed by atoms with Crippen molar-refractivity contribution < 1.29 is 22.3 Å². The van der Waals surface area contributed by atoms with E-state index in [1.807, 2.05) is 0 Å². The summed E-state index contributed by atoms with van der Waals surface area (Å²) in [7, 11) is -2.75. The lowest BCUT2D eigenvalue weighted by Gasteiger charge is -2.25. The van der Waals surface area contributed by atoms with Gasteiger partial charge < -0.3 is 10.1 Å². The molecule has 0 bridgehead atoms. The number of amides is 1. The first-order chi connectivity index (χ1) is 12.3. The number of carbonyl (C=O) groups excluding carboxylic acids is 1. The Labute approximate surface area is 152 Å². The molecule has 0 aromatic heterocycles. The van der Waals surface area contributed by atoms with E-state index >= 15 is 0 Å². The molecule has 1 N–H and O–H groups in total. The number of anilines is 1. The standard InChI is InChI=1S/C18H21FN2O4S/c1-4-20-18(22)12-21(15-8-6-14(19)7-9-15)26(23,24)17-11-13(2)5-10-16(17)25-3/h5-11H,4,12H2,1-3H3,(H,20,22). The van der Waals surface area contributed by atoms with Crippen molar-refractivity contribution in [2.45, 2.75) is 18.7 Å². The summed E-state index contributed by atoms with van der Waals surface area (Å²) in [5.41, 5.74) is 0.905. The van der Waals surface area contributed by atoms with Gasteiger partial charge in [0.25, 0.3) is 10.0 Å². The summed E-state index contributed by atoms with van der Waals surface area (Å²) in [6, 6.07) is 9.67. The third-order valence-corrected chi connectivity index (χ3v) is 5.46. The van der Waals surface area contributed by atoms with E-state index in [2.05, 4.69) is 5.32 Å². The first-order valence-corrected chi connectivity index (χ1v) is 9.43. The molecule has 140 valence electrons. The summed E-state index contributed by atoms with van der Waals surface area (Å²) in [6.45, 7) is 3.42. The summed E-state index contributed by atoms with van der Waals surface area (Å²) in [5, 5.41) is 2.57. The van der Waals surface area contributed by atoms with Gasteiger partial charge in [-0.05, 0) is 55.8 Å². The van der Waals surface area contributed by atoms with E-state index in [1.54, 1.807) is 26.0 Å². The highest BCUT2D eigenvalue weighted by Crippen LogP contribution is 2.30. The molecule has 0 heterocycles. The van der Waals surface area contributed by atoms with Gasteiger partial charge in [-0.1, -0.05) is 6.07 Å². The van der Waals surface area contributed by atoms with Crippen LogP contribution in [0.15, 0.2) is 47.4 Å². The predicted molar refractivity (Wildman–Crippen MR) is 97.3 cm³/mol. The zero-order chi connectivity index (χ0) is 19.3.